The van der Waals surface area contributed by atoms with Crippen molar-refractivity contribution in [1.29, 1.82) is 0 Å². The number of para-hydroxylation sites is 1. The average molecular weight is 593 g/mol. The fourth-order valence-corrected chi connectivity index (χ4v) is 5.76. The second kappa shape index (κ2) is 11.8. The number of benzene rings is 4. The van der Waals surface area contributed by atoms with Gasteiger partial charge in [-0.15, -0.1) is 0 Å². The predicted molar refractivity (Wildman–Crippen MR) is 155 cm³/mol. The van der Waals surface area contributed by atoms with Gasteiger partial charge in [0.2, 0.25) is 10.0 Å². The zero-order valence-electron chi connectivity index (χ0n) is 22.8. The zero-order valence-corrected chi connectivity index (χ0v) is 23.6. The van der Waals surface area contributed by atoms with Crippen molar-refractivity contribution in [2.24, 2.45) is 0 Å². The molecule has 42 heavy (non-hydrogen) atoms. The van der Waals surface area contributed by atoms with E-state index in [-0.39, 0.29) is 17.0 Å². The Balaban J connectivity index is 1.36. The van der Waals surface area contributed by atoms with Crippen molar-refractivity contribution < 1.29 is 31.1 Å². The normalized spacial score (nSPS) is 11.9. The van der Waals surface area contributed by atoms with Gasteiger partial charge >= 0.3 is 6.18 Å². The summed E-state index contributed by atoms with van der Waals surface area (Å²) >= 11 is 0. The molecule has 0 bridgehead atoms. The van der Waals surface area contributed by atoms with Crippen molar-refractivity contribution in [1.82, 2.24) is 9.71 Å². The van der Waals surface area contributed by atoms with Gasteiger partial charge in [-0.2, -0.15) is 13.2 Å². The van der Waals surface area contributed by atoms with Gasteiger partial charge in [0.05, 0.1) is 23.1 Å². The molecule has 10 heteroatoms. The van der Waals surface area contributed by atoms with Crippen molar-refractivity contribution in [2.75, 3.05) is 13.7 Å². The van der Waals surface area contributed by atoms with E-state index in [0.29, 0.717) is 40.0 Å². The van der Waals surface area contributed by atoms with Gasteiger partial charge in [-0.1, -0.05) is 42.5 Å². The summed E-state index contributed by atoms with van der Waals surface area (Å²) in [6.07, 6.45) is -2.62. The third-order valence-electron chi connectivity index (χ3n) is 6.73. The molecule has 5 rings (SSSR count). The molecule has 1 heterocycles. The van der Waals surface area contributed by atoms with E-state index in [1.54, 1.807) is 56.5 Å². The van der Waals surface area contributed by atoms with Crippen molar-refractivity contribution in [2.45, 2.75) is 24.4 Å². The summed E-state index contributed by atoms with van der Waals surface area (Å²) in [7, 11) is -2.23. The number of nitrogens with zero attached hydrogens (tertiary/aromatic N) is 1. The molecule has 0 atom stereocenters. The van der Waals surface area contributed by atoms with Crippen LogP contribution in [0, 0.1) is 6.92 Å². The third kappa shape index (κ3) is 6.40. The minimum atomic E-state index is -4.54. The number of pyridine rings is 1. The number of nitrogens with one attached hydrogen (secondary N) is 1. The highest BCUT2D eigenvalue weighted by Gasteiger charge is 2.33. The summed E-state index contributed by atoms with van der Waals surface area (Å²) in [6, 6.07) is 24.4. The third-order valence-corrected chi connectivity index (χ3v) is 8.19. The lowest BCUT2D eigenvalue weighted by molar-refractivity contribution is -0.136. The molecule has 0 aliphatic carbocycles. The average Bonchev–Trinajstić information content (AvgIpc) is 2.97. The van der Waals surface area contributed by atoms with E-state index >= 15 is 0 Å². The summed E-state index contributed by atoms with van der Waals surface area (Å²) in [5.41, 5.74) is 1.98. The standard InChI is InChI=1S/C32H27F3N2O4S/c1-21-20-36-31-28(10-5-11-29(31)32(33,34)35)30(21)23-6-3-7-25(18-23)41-26-8-4-9-27(19-26)42(38,39)37-17-16-22-12-14-24(40-2)15-13-22/h3-15,18-20,37H,16-17H2,1-2H3. The van der Waals surface area contributed by atoms with Crippen LogP contribution in [0.1, 0.15) is 16.7 Å². The maximum atomic E-state index is 13.6. The summed E-state index contributed by atoms with van der Waals surface area (Å²) < 4.78 is 80.6. The Bertz CT molecular complexity index is 1840. The fourth-order valence-electron chi connectivity index (χ4n) is 4.70. The number of methoxy groups -OCH3 is 1. The highest BCUT2D eigenvalue weighted by atomic mass is 32.2. The van der Waals surface area contributed by atoms with E-state index in [4.69, 9.17) is 9.47 Å². The first kappa shape index (κ1) is 29.1. The summed E-state index contributed by atoms with van der Waals surface area (Å²) in [5, 5.41) is 0.371. The molecule has 4 aromatic carbocycles. The highest BCUT2D eigenvalue weighted by Crippen LogP contribution is 2.39. The molecule has 0 fully saturated rings. The number of fused-ring (bicyclic) bond motifs is 1. The van der Waals surface area contributed by atoms with Crippen molar-refractivity contribution >= 4 is 20.9 Å². The Hall–Kier alpha value is -4.41. The molecule has 0 aliphatic heterocycles. The predicted octanol–water partition coefficient (Wildman–Crippen LogP) is 7.55. The number of halogens is 3. The molecule has 0 spiro atoms. The van der Waals surface area contributed by atoms with Crippen molar-refractivity contribution in [3.8, 4) is 28.4 Å². The number of ether oxygens (including phenoxy) is 2. The first-order chi connectivity index (χ1) is 20.0. The van der Waals surface area contributed by atoms with Gasteiger partial charge in [-0.3, -0.25) is 4.98 Å². The maximum Gasteiger partial charge on any atom is 0.418 e. The Labute approximate surface area is 241 Å². The van der Waals surface area contributed by atoms with Crippen LogP contribution < -0.4 is 14.2 Å². The summed E-state index contributed by atoms with van der Waals surface area (Å²) in [5.74, 6) is 1.41. The second-order valence-corrected chi connectivity index (χ2v) is 11.4. The van der Waals surface area contributed by atoms with E-state index in [9.17, 15) is 21.6 Å². The number of sulfonamides is 1. The first-order valence-corrected chi connectivity index (χ1v) is 14.5. The van der Waals surface area contributed by atoms with Crippen LogP contribution in [0.3, 0.4) is 0 Å². The molecule has 0 saturated carbocycles. The van der Waals surface area contributed by atoms with Crippen LogP contribution in [0.25, 0.3) is 22.0 Å². The van der Waals surface area contributed by atoms with Crippen LogP contribution in [0.4, 0.5) is 13.2 Å². The highest BCUT2D eigenvalue weighted by molar-refractivity contribution is 7.89. The molecular formula is C32H27F3N2O4S. The van der Waals surface area contributed by atoms with Crippen molar-refractivity contribution in [3.63, 3.8) is 0 Å². The smallest absolute Gasteiger partial charge is 0.418 e. The largest absolute Gasteiger partial charge is 0.497 e. The van der Waals surface area contributed by atoms with Gasteiger partial charge in [-0.05, 0) is 78.1 Å². The monoisotopic (exact) mass is 592 g/mol. The fraction of sp³-hybridized carbons (Fsp3) is 0.156. The Morgan fingerprint density at radius 1 is 0.857 bits per heavy atom. The first-order valence-electron chi connectivity index (χ1n) is 13.0. The van der Waals surface area contributed by atoms with Crippen LogP contribution in [-0.2, 0) is 22.6 Å². The van der Waals surface area contributed by atoms with E-state index in [0.717, 1.165) is 17.4 Å². The van der Waals surface area contributed by atoms with Crippen LogP contribution in [0.2, 0.25) is 0 Å². The molecular weight excluding hydrogens is 565 g/mol. The van der Waals surface area contributed by atoms with Gasteiger partial charge in [0.1, 0.15) is 17.2 Å². The molecule has 0 radical (unpaired) electrons. The van der Waals surface area contributed by atoms with Crippen LogP contribution in [-0.4, -0.2) is 27.1 Å². The van der Waals surface area contributed by atoms with Gasteiger partial charge < -0.3 is 9.47 Å². The number of hydrogen-bond donors (Lipinski definition) is 1. The van der Waals surface area contributed by atoms with Gasteiger partial charge in [0, 0.05) is 24.2 Å². The lowest BCUT2D eigenvalue weighted by Gasteiger charge is -2.15. The number of rotatable bonds is 9. The van der Waals surface area contributed by atoms with E-state index in [2.05, 4.69) is 9.71 Å². The van der Waals surface area contributed by atoms with Crippen LogP contribution in [0.15, 0.2) is 102 Å². The minimum Gasteiger partial charge on any atom is -0.497 e. The van der Waals surface area contributed by atoms with Crippen molar-refractivity contribution in [3.05, 3.63) is 114 Å². The Morgan fingerprint density at radius 3 is 2.26 bits per heavy atom. The number of hydrogen-bond acceptors (Lipinski definition) is 5. The maximum absolute atomic E-state index is 13.6. The summed E-state index contributed by atoms with van der Waals surface area (Å²) in [6.45, 7) is 1.99. The molecule has 1 N–H and O–H groups in total. The topological polar surface area (TPSA) is 77.5 Å². The van der Waals surface area contributed by atoms with E-state index in [1.807, 2.05) is 24.3 Å². The van der Waals surface area contributed by atoms with Gasteiger partial charge in [0.25, 0.3) is 0 Å². The van der Waals surface area contributed by atoms with Crippen LogP contribution >= 0.6 is 0 Å². The van der Waals surface area contributed by atoms with Gasteiger partial charge in [0.15, 0.2) is 0 Å². The number of aryl methyl sites for hydroxylation is 1. The lowest BCUT2D eigenvalue weighted by Crippen LogP contribution is -2.26. The molecule has 6 nitrogen and oxygen atoms in total. The zero-order chi connectivity index (χ0) is 29.9. The quantitative estimate of drug-likeness (QED) is 0.191. The molecule has 1 aromatic heterocycles. The van der Waals surface area contributed by atoms with E-state index < -0.39 is 21.8 Å². The molecule has 0 unspecified atom stereocenters. The van der Waals surface area contributed by atoms with Crippen LogP contribution in [0.5, 0.6) is 17.2 Å². The summed E-state index contributed by atoms with van der Waals surface area (Å²) in [4.78, 5) is 4.13. The second-order valence-electron chi connectivity index (χ2n) is 9.62. The lowest BCUT2D eigenvalue weighted by atomic mass is 9.95. The Morgan fingerprint density at radius 2 is 1.55 bits per heavy atom. The molecule has 216 valence electrons. The van der Waals surface area contributed by atoms with Gasteiger partial charge in [-0.25, -0.2) is 13.1 Å². The minimum absolute atomic E-state index is 0.0431. The molecule has 0 amide bonds. The SMILES string of the molecule is COc1ccc(CCNS(=O)(=O)c2cccc(Oc3cccc(-c4c(C)cnc5c(C(F)(F)F)cccc45)c3)c2)cc1. The Kier molecular flexibility index (Phi) is 8.20. The molecule has 0 aliphatic rings. The number of alkyl halides is 3. The number of aromatic nitrogens is 1. The molecule has 0 saturated heterocycles. The van der Waals surface area contributed by atoms with E-state index in [1.165, 1.54) is 24.4 Å². The molecule has 5 aromatic rings.